The molecule has 0 unspecified atom stereocenters. The van der Waals surface area contributed by atoms with E-state index in [4.69, 9.17) is 11.6 Å². The average molecular weight is 457 g/mol. The van der Waals surface area contributed by atoms with Gasteiger partial charge in [-0.25, -0.2) is 8.42 Å². The van der Waals surface area contributed by atoms with Gasteiger partial charge in [-0.2, -0.15) is 4.31 Å². The van der Waals surface area contributed by atoms with Crippen molar-refractivity contribution >= 4 is 38.3 Å². The number of fused-ring (bicyclic) bond motifs is 1. The number of benzene rings is 3. The van der Waals surface area contributed by atoms with Crippen LogP contribution in [0.3, 0.4) is 0 Å². The quantitative estimate of drug-likeness (QED) is 0.601. The maximum Gasteiger partial charge on any atom is 0.243 e. The van der Waals surface area contributed by atoms with Gasteiger partial charge in [0.2, 0.25) is 15.9 Å². The van der Waals surface area contributed by atoms with Gasteiger partial charge < -0.3 is 5.32 Å². The van der Waals surface area contributed by atoms with E-state index in [0.29, 0.717) is 31.0 Å². The Morgan fingerprint density at radius 2 is 1.65 bits per heavy atom. The summed E-state index contributed by atoms with van der Waals surface area (Å²) in [5, 5.41) is 5.90. The highest BCUT2D eigenvalue weighted by Crippen LogP contribution is 2.26. The summed E-state index contributed by atoms with van der Waals surface area (Å²) in [6, 6.07) is 20.4. The van der Waals surface area contributed by atoms with Gasteiger partial charge in [0, 0.05) is 24.0 Å². The zero-order chi connectivity index (χ0) is 22.0. The first-order valence-electron chi connectivity index (χ1n) is 10.4. The van der Waals surface area contributed by atoms with Crippen molar-refractivity contribution in [3.05, 3.63) is 77.3 Å². The van der Waals surface area contributed by atoms with Crippen LogP contribution in [0.4, 0.5) is 0 Å². The molecule has 1 N–H and O–H groups in total. The molecule has 0 aliphatic carbocycles. The van der Waals surface area contributed by atoms with Gasteiger partial charge in [-0.05, 0) is 66.4 Å². The number of halogens is 1. The molecular weight excluding hydrogens is 432 g/mol. The molecule has 162 valence electrons. The summed E-state index contributed by atoms with van der Waals surface area (Å²) in [5.74, 6) is -0.219. The first-order chi connectivity index (χ1) is 14.8. The Morgan fingerprint density at radius 1 is 1.00 bits per heavy atom. The van der Waals surface area contributed by atoms with Crippen LogP contribution < -0.4 is 5.32 Å². The summed E-state index contributed by atoms with van der Waals surface area (Å²) in [5.41, 5.74) is 1.05. The third kappa shape index (κ3) is 4.76. The molecular formula is C24H25ClN2O3S. The molecule has 0 radical (unpaired) electrons. The molecule has 0 saturated carbocycles. The first kappa shape index (κ1) is 21.8. The Hall–Kier alpha value is -2.41. The van der Waals surface area contributed by atoms with Crippen LogP contribution in [0.2, 0.25) is 5.02 Å². The number of carbonyl (C=O) groups excluding carboxylic acids is 1. The highest BCUT2D eigenvalue weighted by molar-refractivity contribution is 7.89. The number of amides is 1. The second kappa shape index (κ2) is 8.99. The van der Waals surface area contributed by atoms with E-state index in [1.807, 2.05) is 25.1 Å². The Morgan fingerprint density at radius 3 is 2.32 bits per heavy atom. The predicted molar refractivity (Wildman–Crippen MR) is 123 cm³/mol. The fraction of sp³-hybridized carbons (Fsp3) is 0.292. The molecule has 3 aromatic carbocycles. The van der Waals surface area contributed by atoms with E-state index in [1.54, 1.807) is 12.1 Å². The number of carbonyl (C=O) groups is 1. The summed E-state index contributed by atoms with van der Waals surface area (Å²) < 4.78 is 27.1. The molecule has 7 heteroatoms. The molecule has 1 amide bonds. The molecule has 0 aromatic heterocycles. The van der Waals surface area contributed by atoms with Crippen LogP contribution in [0.25, 0.3) is 10.8 Å². The van der Waals surface area contributed by atoms with Gasteiger partial charge in [-0.1, -0.05) is 48.0 Å². The highest BCUT2D eigenvalue weighted by atomic mass is 35.5. The van der Waals surface area contributed by atoms with Crippen LogP contribution in [0.15, 0.2) is 71.6 Å². The number of sulfonamides is 1. The number of hydrogen-bond acceptors (Lipinski definition) is 3. The molecule has 1 aliphatic rings. The maximum atomic E-state index is 12.8. The Balaban J connectivity index is 1.37. The number of piperidine rings is 1. The predicted octanol–water partition coefficient (Wildman–Crippen LogP) is 4.77. The van der Waals surface area contributed by atoms with Gasteiger partial charge in [0.15, 0.2) is 0 Å². The number of nitrogens with one attached hydrogen (secondary N) is 1. The molecule has 1 atom stereocenters. The van der Waals surface area contributed by atoms with Crippen molar-refractivity contribution in [1.82, 2.24) is 9.62 Å². The lowest BCUT2D eigenvalue weighted by atomic mass is 9.96. The van der Waals surface area contributed by atoms with Crippen LogP contribution in [0.1, 0.15) is 31.4 Å². The van der Waals surface area contributed by atoms with Crippen LogP contribution in [0.5, 0.6) is 0 Å². The second-order valence-electron chi connectivity index (χ2n) is 7.97. The fourth-order valence-corrected chi connectivity index (χ4v) is 5.60. The minimum absolute atomic E-state index is 0.0239. The first-order valence-corrected chi connectivity index (χ1v) is 12.2. The third-order valence-corrected chi connectivity index (χ3v) is 8.07. The SMILES string of the molecule is C[C@@H](NC(=O)C1CCN(S(=O)(=O)c2ccc(Cl)cc2)CC1)c1ccc2ccccc2c1. The summed E-state index contributed by atoms with van der Waals surface area (Å²) in [6.45, 7) is 2.63. The Bertz CT molecular complexity index is 1190. The maximum absolute atomic E-state index is 12.8. The minimum Gasteiger partial charge on any atom is -0.349 e. The van der Waals surface area contributed by atoms with Crippen molar-refractivity contribution in [3.63, 3.8) is 0 Å². The Kier molecular flexibility index (Phi) is 6.32. The van der Waals surface area contributed by atoms with Gasteiger partial charge in [-0.15, -0.1) is 0 Å². The molecule has 1 aliphatic heterocycles. The average Bonchev–Trinajstić information content (AvgIpc) is 2.79. The normalized spacial score (nSPS) is 16.8. The number of rotatable bonds is 5. The fourth-order valence-electron chi connectivity index (χ4n) is 4.01. The van der Waals surface area contributed by atoms with Crippen molar-refractivity contribution in [1.29, 1.82) is 0 Å². The summed E-state index contributed by atoms with van der Waals surface area (Å²) in [7, 11) is -3.57. The number of nitrogens with zero attached hydrogens (tertiary/aromatic N) is 1. The van der Waals surface area contributed by atoms with Crippen LogP contribution >= 0.6 is 11.6 Å². The topological polar surface area (TPSA) is 66.5 Å². The molecule has 4 rings (SSSR count). The highest BCUT2D eigenvalue weighted by Gasteiger charge is 2.32. The monoisotopic (exact) mass is 456 g/mol. The van der Waals surface area contributed by atoms with Crippen molar-refractivity contribution in [2.24, 2.45) is 5.92 Å². The molecule has 1 fully saturated rings. The molecule has 0 bridgehead atoms. The van der Waals surface area contributed by atoms with Gasteiger partial charge in [0.25, 0.3) is 0 Å². The van der Waals surface area contributed by atoms with Crippen molar-refractivity contribution < 1.29 is 13.2 Å². The van der Waals surface area contributed by atoms with Crippen LogP contribution in [0, 0.1) is 5.92 Å². The zero-order valence-electron chi connectivity index (χ0n) is 17.3. The van der Waals surface area contributed by atoms with E-state index >= 15 is 0 Å². The van der Waals surface area contributed by atoms with Gasteiger partial charge in [-0.3, -0.25) is 4.79 Å². The molecule has 0 spiro atoms. The second-order valence-corrected chi connectivity index (χ2v) is 10.3. The lowest BCUT2D eigenvalue weighted by Crippen LogP contribution is -2.43. The summed E-state index contributed by atoms with van der Waals surface area (Å²) in [6.07, 6.45) is 1.01. The number of hydrogen-bond donors (Lipinski definition) is 1. The molecule has 3 aromatic rings. The van der Waals surface area contributed by atoms with Crippen molar-refractivity contribution in [2.45, 2.75) is 30.7 Å². The third-order valence-electron chi connectivity index (χ3n) is 5.91. The largest absolute Gasteiger partial charge is 0.349 e. The standard InChI is InChI=1S/C24H25ClN2O3S/c1-17(20-7-6-18-4-2-3-5-21(18)16-20)26-24(28)19-12-14-27(15-13-19)31(29,30)23-10-8-22(25)9-11-23/h2-11,16-17,19H,12-15H2,1H3,(H,26,28)/t17-/m1/s1. The van der Waals surface area contributed by atoms with Crippen LogP contribution in [-0.4, -0.2) is 31.7 Å². The Labute approximate surface area is 188 Å². The van der Waals surface area contributed by atoms with E-state index in [-0.39, 0.29) is 22.8 Å². The zero-order valence-corrected chi connectivity index (χ0v) is 18.9. The van der Waals surface area contributed by atoms with E-state index in [9.17, 15) is 13.2 Å². The van der Waals surface area contributed by atoms with Crippen molar-refractivity contribution in [3.8, 4) is 0 Å². The lowest BCUT2D eigenvalue weighted by Gasteiger charge is -2.31. The summed E-state index contributed by atoms with van der Waals surface area (Å²) in [4.78, 5) is 13.0. The molecule has 5 nitrogen and oxygen atoms in total. The summed E-state index contributed by atoms with van der Waals surface area (Å²) >= 11 is 5.86. The molecule has 1 saturated heterocycles. The van der Waals surface area contributed by atoms with Crippen molar-refractivity contribution in [2.75, 3.05) is 13.1 Å². The van der Waals surface area contributed by atoms with E-state index in [0.717, 1.165) is 10.9 Å². The molecule has 1 heterocycles. The van der Waals surface area contributed by atoms with Crippen LogP contribution in [-0.2, 0) is 14.8 Å². The molecule has 31 heavy (non-hydrogen) atoms. The smallest absolute Gasteiger partial charge is 0.243 e. The minimum atomic E-state index is -3.57. The lowest BCUT2D eigenvalue weighted by molar-refractivity contribution is -0.126. The van der Waals surface area contributed by atoms with Gasteiger partial charge >= 0.3 is 0 Å². The van der Waals surface area contributed by atoms with Gasteiger partial charge in [0.1, 0.15) is 0 Å². The van der Waals surface area contributed by atoms with E-state index < -0.39 is 10.0 Å². The van der Waals surface area contributed by atoms with E-state index in [1.165, 1.54) is 21.8 Å². The van der Waals surface area contributed by atoms with Gasteiger partial charge in [0.05, 0.1) is 10.9 Å². The van der Waals surface area contributed by atoms with E-state index in [2.05, 4.69) is 29.6 Å².